The normalized spacial score (nSPS) is 15.6. The summed E-state index contributed by atoms with van der Waals surface area (Å²) in [4.78, 5) is 4.03. The quantitative estimate of drug-likeness (QED) is 0.798. The number of nitrogens with zero attached hydrogens (tertiary/aromatic N) is 1. The first-order valence-corrected chi connectivity index (χ1v) is 6.86. The minimum absolute atomic E-state index is 0.197. The Hall–Kier alpha value is -1.34. The van der Waals surface area contributed by atoms with E-state index in [0.29, 0.717) is 30.0 Å². The van der Waals surface area contributed by atoms with Gasteiger partial charge in [-0.05, 0) is 18.9 Å². The van der Waals surface area contributed by atoms with Gasteiger partial charge in [-0.1, -0.05) is 0 Å². The van der Waals surface area contributed by atoms with Gasteiger partial charge in [0.2, 0.25) is 10.0 Å². The Balaban J connectivity index is 2.32. The highest BCUT2D eigenvalue weighted by atomic mass is 32.2. The van der Waals surface area contributed by atoms with Crippen molar-refractivity contribution >= 4 is 15.7 Å². The van der Waals surface area contributed by atoms with Crippen LogP contribution in [0.5, 0.6) is 5.75 Å². The zero-order valence-electron chi connectivity index (χ0n) is 9.51. The van der Waals surface area contributed by atoms with E-state index in [0.717, 1.165) is 0 Å². The minimum atomic E-state index is -3.30. The Bertz CT molecular complexity index is 512. The summed E-state index contributed by atoms with van der Waals surface area (Å²) in [6.45, 7) is 0.197. The molecule has 0 aliphatic heterocycles. The Morgan fingerprint density at radius 2 is 2.29 bits per heavy atom. The summed E-state index contributed by atoms with van der Waals surface area (Å²) in [5.74, 6) is 0.388. The second-order valence-corrected chi connectivity index (χ2v) is 5.85. The SMILES string of the molecule is COc1c(NS(=O)(=O)C2CC2)ccnc1CN. The number of sulfonamides is 1. The molecular weight excluding hydrogens is 242 g/mol. The van der Waals surface area contributed by atoms with Gasteiger partial charge in [0.25, 0.3) is 0 Å². The van der Waals surface area contributed by atoms with E-state index >= 15 is 0 Å². The van der Waals surface area contributed by atoms with Crippen LogP contribution in [0, 0.1) is 0 Å². The van der Waals surface area contributed by atoms with Crippen LogP contribution in [0.3, 0.4) is 0 Å². The van der Waals surface area contributed by atoms with E-state index in [2.05, 4.69) is 9.71 Å². The standard InChI is InChI=1S/C10H15N3O3S/c1-16-10-8(4-5-12-9(10)6-11)13-17(14,15)7-2-3-7/h4-5,7H,2-3,6,11H2,1H3,(H,12,13). The van der Waals surface area contributed by atoms with Crippen LogP contribution in [-0.2, 0) is 16.6 Å². The van der Waals surface area contributed by atoms with Crippen LogP contribution in [-0.4, -0.2) is 25.8 Å². The maximum atomic E-state index is 11.8. The summed E-state index contributed by atoms with van der Waals surface area (Å²) >= 11 is 0. The molecule has 17 heavy (non-hydrogen) atoms. The molecule has 1 aromatic rings. The van der Waals surface area contributed by atoms with Crippen molar-refractivity contribution in [3.63, 3.8) is 0 Å². The molecule has 0 aromatic carbocycles. The van der Waals surface area contributed by atoms with Crippen LogP contribution in [0.25, 0.3) is 0 Å². The van der Waals surface area contributed by atoms with Crippen molar-refractivity contribution in [2.24, 2.45) is 5.73 Å². The third-order valence-corrected chi connectivity index (χ3v) is 4.44. The molecule has 0 bridgehead atoms. The van der Waals surface area contributed by atoms with Gasteiger partial charge in [-0.25, -0.2) is 8.42 Å². The van der Waals surface area contributed by atoms with E-state index in [-0.39, 0.29) is 11.8 Å². The van der Waals surface area contributed by atoms with Gasteiger partial charge >= 0.3 is 0 Å². The maximum Gasteiger partial charge on any atom is 0.235 e. The number of methoxy groups -OCH3 is 1. The number of hydrogen-bond acceptors (Lipinski definition) is 5. The van der Waals surface area contributed by atoms with E-state index in [1.54, 1.807) is 6.07 Å². The molecule has 6 nitrogen and oxygen atoms in total. The molecule has 0 spiro atoms. The van der Waals surface area contributed by atoms with Crippen LogP contribution in [0.2, 0.25) is 0 Å². The molecule has 1 aliphatic carbocycles. The number of anilines is 1. The largest absolute Gasteiger partial charge is 0.493 e. The van der Waals surface area contributed by atoms with Crippen molar-refractivity contribution in [1.29, 1.82) is 0 Å². The fourth-order valence-corrected chi connectivity index (χ4v) is 2.95. The molecule has 94 valence electrons. The zero-order valence-corrected chi connectivity index (χ0v) is 10.3. The van der Waals surface area contributed by atoms with Crippen LogP contribution < -0.4 is 15.2 Å². The summed E-state index contributed by atoms with van der Waals surface area (Å²) in [5.41, 5.74) is 6.44. The van der Waals surface area contributed by atoms with Crippen LogP contribution in [0.1, 0.15) is 18.5 Å². The number of nitrogens with one attached hydrogen (secondary N) is 1. The molecule has 1 heterocycles. The van der Waals surface area contributed by atoms with Crippen LogP contribution in [0.4, 0.5) is 5.69 Å². The first kappa shape index (κ1) is 12.1. The second kappa shape index (κ2) is 4.50. The van der Waals surface area contributed by atoms with E-state index < -0.39 is 10.0 Å². The van der Waals surface area contributed by atoms with Crippen molar-refractivity contribution in [2.75, 3.05) is 11.8 Å². The van der Waals surface area contributed by atoms with E-state index in [9.17, 15) is 8.42 Å². The summed E-state index contributed by atoms with van der Waals surface area (Å²) in [5, 5.41) is -0.276. The third kappa shape index (κ3) is 2.50. The lowest BCUT2D eigenvalue weighted by molar-refractivity contribution is 0.409. The van der Waals surface area contributed by atoms with Gasteiger partial charge < -0.3 is 10.5 Å². The van der Waals surface area contributed by atoms with E-state index in [4.69, 9.17) is 10.5 Å². The lowest BCUT2D eigenvalue weighted by Gasteiger charge is -2.13. The third-order valence-electron chi connectivity index (χ3n) is 2.59. The molecule has 0 saturated heterocycles. The summed E-state index contributed by atoms with van der Waals surface area (Å²) in [6, 6.07) is 1.57. The number of nitrogens with two attached hydrogens (primary N) is 1. The van der Waals surface area contributed by atoms with Crippen molar-refractivity contribution in [1.82, 2.24) is 4.98 Å². The number of aromatic nitrogens is 1. The molecule has 3 N–H and O–H groups in total. The molecule has 0 radical (unpaired) electrons. The zero-order chi connectivity index (χ0) is 12.5. The van der Waals surface area contributed by atoms with Crippen molar-refractivity contribution in [2.45, 2.75) is 24.6 Å². The summed E-state index contributed by atoms with van der Waals surface area (Å²) in [6.07, 6.45) is 2.94. The Morgan fingerprint density at radius 3 is 2.82 bits per heavy atom. The lowest BCUT2D eigenvalue weighted by atomic mass is 10.3. The van der Waals surface area contributed by atoms with E-state index in [1.807, 2.05) is 0 Å². The molecule has 1 fully saturated rings. The highest BCUT2D eigenvalue weighted by molar-refractivity contribution is 7.93. The van der Waals surface area contributed by atoms with E-state index in [1.165, 1.54) is 13.3 Å². The molecule has 2 rings (SSSR count). The highest BCUT2D eigenvalue weighted by Gasteiger charge is 2.36. The van der Waals surface area contributed by atoms with Crippen LogP contribution >= 0.6 is 0 Å². The van der Waals surface area contributed by atoms with Gasteiger partial charge in [0.05, 0.1) is 23.7 Å². The molecule has 0 atom stereocenters. The Morgan fingerprint density at radius 1 is 1.59 bits per heavy atom. The van der Waals surface area contributed by atoms with Gasteiger partial charge in [-0.2, -0.15) is 0 Å². The predicted octanol–water partition coefficient (Wildman–Crippen LogP) is 0.453. The molecule has 1 aromatic heterocycles. The van der Waals surface area contributed by atoms with Crippen molar-refractivity contribution in [3.8, 4) is 5.75 Å². The molecule has 0 unspecified atom stereocenters. The second-order valence-electron chi connectivity index (χ2n) is 3.89. The fraction of sp³-hybridized carbons (Fsp3) is 0.500. The molecule has 7 heteroatoms. The fourth-order valence-electron chi connectivity index (χ4n) is 1.56. The highest BCUT2D eigenvalue weighted by Crippen LogP contribution is 2.33. The number of ether oxygens (including phenoxy) is 1. The summed E-state index contributed by atoms with van der Waals surface area (Å²) in [7, 11) is -1.83. The average Bonchev–Trinajstić information content (AvgIpc) is 3.12. The smallest absolute Gasteiger partial charge is 0.235 e. The van der Waals surface area contributed by atoms with Gasteiger partial charge in [0, 0.05) is 12.7 Å². The number of hydrogen-bond donors (Lipinski definition) is 2. The number of rotatable bonds is 5. The average molecular weight is 257 g/mol. The first-order valence-electron chi connectivity index (χ1n) is 5.32. The molecular formula is C10H15N3O3S. The van der Waals surface area contributed by atoms with Gasteiger partial charge in [-0.3, -0.25) is 9.71 Å². The van der Waals surface area contributed by atoms with Gasteiger partial charge in [0.15, 0.2) is 5.75 Å². The topological polar surface area (TPSA) is 94.3 Å². The molecule has 1 saturated carbocycles. The minimum Gasteiger partial charge on any atom is -0.493 e. The maximum absolute atomic E-state index is 11.8. The first-order chi connectivity index (χ1) is 8.08. The lowest BCUT2D eigenvalue weighted by Crippen LogP contribution is -2.18. The Labute approximate surface area is 100 Å². The Kier molecular flexibility index (Phi) is 3.21. The summed E-state index contributed by atoms with van der Waals surface area (Å²) < 4.78 is 31.3. The predicted molar refractivity (Wildman–Crippen MR) is 64.2 cm³/mol. The van der Waals surface area contributed by atoms with Crippen LogP contribution in [0.15, 0.2) is 12.3 Å². The van der Waals surface area contributed by atoms with Crippen molar-refractivity contribution < 1.29 is 13.2 Å². The van der Waals surface area contributed by atoms with Gasteiger partial charge in [-0.15, -0.1) is 0 Å². The number of pyridine rings is 1. The monoisotopic (exact) mass is 257 g/mol. The molecule has 0 amide bonds. The van der Waals surface area contributed by atoms with Gasteiger partial charge in [0.1, 0.15) is 0 Å². The molecule has 1 aliphatic rings. The van der Waals surface area contributed by atoms with Crippen molar-refractivity contribution in [3.05, 3.63) is 18.0 Å².